The van der Waals surface area contributed by atoms with Crippen LogP contribution in [0.3, 0.4) is 0 Å². The smallest absolute Gasteiger partial charge is 0.134 e. The number of hydrogen-bond donors (Lipinski definition) is 2. The third-order valence-corrected chi connectivity index (χ3v) is 2.53. The fraction of sp³-hybridized carbons (Fsp3) is 0.615. The summed E-state index contributed by atoms with van der Waals surface area (Å²) in [7, 11) is 0. The van der Waals surface area contributed by atoms with Crippen LogP contribution >= 0.6 is 0 Å². The first-order valence-corrected chi connectivity index (χ1v) is 5.95. The summed E-state index contributed by atoms with van der Waals surface area (Å²) >= 11 is 0. The molecule has 1 heterocycles. The molecule has 0 aliphatic heterocycles. The van der Waals surface area contributed by atoms with Crippen molar-refractivity contribution in [1.82, 2.24) is 4.98 Å². The lowest BCUT2D eigenvalue weighted by Crippen LogP contribution is -2.39. The Morgan fingerprint density at radius 1 is 1.47 bits per heavy atom. The maximum Gasteiger partial charge on any atom is 0.134 e. The molecule has 0 amide bonds. The average molecular weight is 238 g/mol. The molecule has 96 valence electrons. The second-order valence-electron chi connectivity index (χ2n) is 4.92. The zero-order valence-corrected chi connectivity index (χ0v) is 11.0. The fourth-order valence-electron chi connectivity index (χ4n) is 1.80. The molecule has 1 atom stereocenters. The Morgan fingerprint density at radius 3 is 2.59 bits per heavy atom. The summed E-state index contributed by atoms with van der Waals surface area (Å²) in [5.74, 6) is 0.743. The van der Waals surface area contributed by atoms with Gasteiger partial charge in [-0.3, -0.25) is 0 Å². The van der Waals surface area contributed by atoms with Gasteiger partial charge in [0.1, 0.15) is 5.82 Å². The van der Waals surface area contributed by atoms with E-state index in [9.17, 15) is 10.2 Å². The topological polar surface area (TPSA) is 56.6 Å². The van der Waals surface area contributed by atoms with Crippen molar-refractivity contribution in [3.8, 4) is 0 Å². The van der Waals surface area contributed by atoms with Gasteiger partial charge in [-0.05, 0) is 33.8 Å². The second-order valence-corrected chi connectivity index (χ2v) is 4.92. The molecule has 0 aliphatic rings. The van der Waals surface area contributed by atoms with Crippen molar-refractivity contribution in [1.29, 1.82) is 0 Å². The number of rotatable bonds is 5. The molecular weight excluding hydrogens is 216 g/mol. The molecule has 0 spiro atoms. The highest BCUT2D eigenvalue weighted by Gasteiger charge is 2.21. The number of aliphatic hydroxyl groups excluding tert-OH is 1. The van der Waals surface area contributed by atoms with Crippen molar-refractivity contribution in [2.75, 3.05) is 18.0 Å². The number of likely N-dealkylation sites (N-methyl/N-ethyl adjacent to an activating group) is 1. The fourth-order valence-corrected chi connectivity index (χ4v) is 1.80. The quantitative estimate of drug-likeness (QED) is 0.820. The molecule has 1 rings (SSSR count). The first-order valence-electron chi connectivity index (χ1n) is 5.95. The van der Waals surface area contributed by atoms with Gasteiger partial charge in [-0.25, -0.2) is 4.98 Å². The minimum absolute atomic E-state index is 0.486. The first kappa shape index (κ1) is 13.9. The van der Waals surface area contributed by atoms with Gasteiger partial charge in [-0.2, -0.15) is 0 Å². The van der Waals surface area contributed by atoms with E-state index in [4.69, 9.17) is 0 Å². The minimum Gasteiger partial charge on any atom is -0.389 e. The van der Waals surface area contributed by atoms with Crippen molar-refractivity contribution < 1.29 is 10.2 Å². The van der Waals surface area contributed by atoms with E-state index >= 15 is 0 Å². The van der Waals surface area contributed by atoms with E-state index in [2.05, 4.69) is 4.98 Å². The maximum atomic E-state index is 9.88. The lowest BCUT2D eigenvalue weighted by Gasteiger charge is -2.30. The third kappa shape index (κ3) is 3.98. The Labute approximate surface area is 103 Å². The molecule has 2 N–H and O–H groups in total. The molecule has 4 nitrogen and oxygen atoms in total. The molecule has 0 saturated heterocycles. The summed E-state index contributed by atoms with van der Waals surface area (Å²) in [6.07, 6.45) is 1.14. The summed E-state index contributed by atoms with van der Waals surface area (Å²) < 4.78 is 0. The standard InChI is InChI=1S/C13H22N2O2/c1-5-15(9-13(3,4)17)12-11(10(2)16)7-6-8-14-12/h6-8,10,16-17H,5,9H2,1-4H3/t10-/m1/s1. The number of anilines is 1. The van der Waals surface area contributed by atoms with Crippen LogP contribution in [0.1, 0.15) is 39.4 Å². The molecule has 0 unspecified atom stereocenters. The van der Waals surface area contributed by atoms with E-state index in [0.29, 0.717) is 6.54 Å². The van der Waals surface area contributed by atoms with Gasteiger partial charge < -0.3 is 15.1 Å². The SMILES string of the molecule is CCN(CC(C)(C)O)c1ncccc1[C@@H](C)O. The average Bonchev–Trinajstić information content (AvgIpc) is 2.24. The van der Waals surface area contributed by atoms with Crippen LogP contribution in [0.25, 0.3) is 0 Å². The minimum atomic E-state index is -0.788. The monoisotopic (exact) mass is 238 g/mol. The van der Waals surface area contributed by atoms with Crippen molar-refractivity contribution in [3.63, 3.8) is 0 Å². The van der Waals surface area contributed by atoms with Crippen LogP contribution in [0.2, 0.25) is 0 Å². The number of aliphatic hydroxyl groups is 2. The predicted molar refractivity (Wildman–Crippen MR) is 69.1 cm³/mol. The van der Waals surface area contributed by atoms with Crippen molar-refractivity contribution in [3.05, 3.63) is 23.9 Å². The van der Waals surface area contributed by atoms with Gasteiger partial charge in [0.2, 0.25) is 0 Å². The number of aromatic nitrogens is 1. The largest absolute Gasteiger partial charge is 0.389 e. The molecular formula is C13H22N2O2. The highest BCUT2D eigenvalue weighted by molar-refractivity contribution is 5.48. The zero-order valence-electron chi connectivity index (χ0n) is 11.0. The highest BCUT2D eigenvalue weighted by atomic mass is 16.3. The highest BCUT2D eigenvalue weighted by Crippen LogP contribution is 2.24. The molecule has 1 aromatic heterocycles. The van der Waals surface area contributed by atoms with Crippen LogP contribution < -0.4 is 4.90 Å². The molecule has 0 radical (unpaired) electrons. The van der Waals surface area contributed by atoms with E-state index in [1.165, 1.54) is 0 Å². The molecule has 4 heteroatoms. The molecule has 0 fully saturated rings. The van der Waals surface area contributed by atoms with Gasteiger partial charge in [0, 0.05) is 24.8 Å². The molecule has 0 bridgehead atoms. The van der Waals surface area contributed by atoms with E-state index in [-0.39, 0.29) is 0 Å². The summed E-state index contributed by atoms with van der Waals surface area (Å²) in [6.45, 7) is 8.48. The van der Waals surface area contributed by atoms with E-state index in [0.717, 1.165) is 17.9 Å². The van der Waals surface area contributed by atoms with E-state index < -0.39 is 11.7 Å². The van der Waals surface area contributed by atoms with Gasteiger partial charge in [-0.15, -0.1) is 0 Å². The molecule has 0 aromatic carbocycles. The van der Waals surface area contributed by atoms with Gasteiger partial charge in [-0.1, -0.05) is 6.07 Å². The zero-order chi connectivity index (χ0) is 13.1. The first-order chi connectivity index (χ1) is 7.85. The van der Waals surface area contributed by atoms with Crippen LogP contribution in [-0.2, 0) is 0 Å². The molecule has 0 saturated carbocycles. The summed E-state index contributed by atoms with van der Waals surface area (Å²) in [4.78, 5) is 6.28. The lowest BCUT2D eigenvalue weighted by atomic mass is 10.1. The molecule has 0 aliphatic carbocycles. The van der Waals surface area contributed by atoms with Crippen LogP contribution in [0.15, 0.2) is 18.3 Å². The van der Waals surface area contributed by atoms with Crippen molar-refractivity contribution >= 4 is 5.82 Å². The molecule has 1 aromatic rings. The van der Waals surface area contributed by atoms with Gasteiger partial charge in [0.25, 0.3) is 0 Å². The van der Waals surface area contributed by atoms with Crippen LogP contribution in [0.4, 0.5) is 5.82 Å². The maximum absolute atomic E-state index is 9.88. The third-order valence-electron chi connectivity index (χ3n) is 2.53. The van der Waals surface area contributed by atoms with Crippen molar-refractivity contribution in [2.24, 2.45) is 0 Å². The van der Waals surface area contributed by atoms with Crippen LogP contribution in [0.5, 0.6) is 0 Å². The van der Waals surface area contributed by atoms with Crippen LogP contribution in [-0.4, -0.2) is 33.9 Å². The van der Waals surface area contributed by atoms with Crippen molar-refractivity contribution in [2.45, 2.75) is 39.4 Å². The summed E-state index contributed by atoms with van der Waals surface area (Å²) in [5, 5.41) is 19.6. The second kappa shape index (κ2) is 5.47. The Hall–Kier alpha value is -1.13. The Bertz CT molecular complexity index is 359. The van der Waals surface area contributed by atoms with E-state index in [1.54, 1.807) is 27.0 Å². The molecule has 17 heavy (non-hydrogen) atoms. The van der Waals surface area contributed by atoms with E-state index in [1.807, 2.05) is 24.0 Å². The van der Waals surface area contributed by atoms with Gasteiger partial charge in [0.15, 0.2) is 0 Å². The summed E-state index contributed by atoms with van der Waals surface area (Å²) in [5.41, 5.74) is 0.00217. The van der Waals surface area contributed by atoms with Gasteiger partial charge in [0.05, 0.1) is 11.7 Å². The normalized spacial score (nSPS) is 13.5. The Morgan fingerprint density at radius 2 is 2.12 bits per heavy atom. The Balaban J connectivity index is 3.03. The Kier molecular flexibility index (Phi) is 4.48. The lowest BCUT2D eigenvalue weighted by molar-refractivity contribution is 0.0871. The number of hydrogen-bond acceptors (Lipinski definition) is 4. The number of nitrogens with zero attached hydrogens (tertiary/aromatic N) is 2. The van der Waals surface area contributed by atoms with Gasteiger partial charge >= 0.3 is 0 Å². The number of pyridine rings is 1. The summed E-state index contributed by atoms with van der Waals surface area (Å²) in [6, 6.07) is 3.67. The predicted octanol–water partition coefficient (Wildman–Crippen LogP) is 1.73. The van der Waals surface area contributed by atoms with Crippen LogP contribution in [0, 0.1) is 0 Å².